The molecule has 11 heavy (non-hydrogen) atoms. The van der Waals surface area contributed by atoms with Crippen LogP contribution in [0.2, 0.25) is 0 Å². The van der Waals surface area contributed by atoms with E-state index in [4.69, 9.17) is 0 Å². The van der Waals surface area contributed by atoms with Gasteiger partial charge in [-0.15, -0.1) is 0 Å². The van der Waals surface area contributed by atoms with Crippen LogP contribution < -0.4 is 0 Å². The number of aromatic nitrogens is 3. The van der Waals surface area contributed by atoms with E-state index in [1.807, 2.05) is 22.6 Å². The lowest BCUT2D eigenvalue weighted by molar-refractivity contribution is 0.583. The Bertz CT molecular complexity index is 398. The van der Waals surface area contributed by atoms with E-state index in [1.165, 1.54) is 6.07 Å². The lowest BCUT2D eigenvalue weighted by Crippen LogP contribution is -1.86. The first-order valence-corrected chi connectivity index (χ1v) is 4.00. The number of nitrogens with one attached hydrogen (secondary N) is 1. The molecule has 2 aromatic heterocycles. The van der Waals surface area contributed by atoms with Gasteiger partial charge in [0.25, 0.3) is 0 Å². The van der Waals surface area contributed by atoms with Crippen LogP contribution >= 0.6 is 22.6 Å². The van der Waals surface area contributed by atoms with Crippen LogP contribution in [0.5, 0.6) is 0 Å². The van der Waals surface area contributed by atoms with Crippen molar-refractivity contribution in [2.75, 3.05) is 0 Å². The van der Waals surface area contributed by atoms with Crippen molar-refractivity contribution in [3.8, 4) is 0 Å². The summed E-state index contributed by atoms with van der Waals surface area (Å²) in [4.78, 5) is 3.62. The molecule has 0 saturated heterocycles. The molecule has 0 unspecified atom stereocenters. The quantitative estimate of drug-likeness (QED) is 0.580. The Hall–Kier alpha value is -0.720. The summed E-state index contributed by atoms with van der Waals surface area (Å²) in [6.45, 7) is 0. The second-order valence-corrected chi connectivity index (χ2v) is 3.09. The zero-order valence-electron chi connectivity index (χ0n) is 5.31. The van der Waals surface area contributed by atoms with E-state index in [0.29, 0.717) is 3.70 Å². The average Bonchev–Trinajstić information content (AvgIpc) is 2.34. The van der Waals surface area contributed by atoms with Crippen LogP contribution in [-0.4, -0.2) is 15.2 Å². The predicted octanol–water partition coefficient (Wildman–Crippen LogP) is 1.70. The largest absolute Gasteiger partial charge is 0.275 e. The van der Waals surface area contributed by atoms with E-state index >= 15 is 0 Å². The Kier molecular flexibility index (Phi) is 1.52. The highest BCUT2D eigenvalue weighted by atomic mass is 127. The number of rotatable bonds is 0. The lowest BCUT2D eigenvalue weighted by atomic mass is 10.3. The lowest BCUT2D eigenvalue weighted by Gasteiger charge is -1.91. The van der Waals surface area contributed by atoms with Crippen LogP contribution in [0.15, 0.2) is 12.3 Å². The SMILES string of the molecule is Fc1cc2cn[nH]c2c(I)n1. The zero-order chi connectivity index (χ0) is 7.84. The van der Waals surface area contributed by atoms with E-state index < -0.39 is 5.95 Å². The van der Waals surface area contributed by atoms with Gasteiger partial charge in [0.15, 0.2) is 0 Å². The van der Waals surface area contributed by atoms with Gasteiger partial charge in [-0.2, -0.15) is 9.49 Å². The fourth-order valence-corrected chi connectivity index (χ4v) is 1.54. The van der Waals surface area contributed by atoms with Crippen LogP contribution in [0.4, 0.5) is 4.39 Å². The maximum atomic E-state index is 12.6. The van der Waals surface area contributed by atoms with Crippen LogP contribution in [-0.2, 0) is 0 Å². The van der Waals surface area contributed by atoms with Crippen LogP contribution in [0.3, 0.4) is 0 Å². The molecule has 0 aromatic carbocycles. The molecular weight excluding hydrogens is 260 g/mol. The third-order valence-electron chi connectivity index (χ3n) is 1.35. The molecule has 2 heterocycles. The Balaban J connectivity index is 2.91. The van der Waals surface area contributed by atoms with Crippen molar-refractivity contribution in [2.24, 2.45) is 0 Å². The molecule has 0 bridgehead atoms. The van der Waals surface area contributed by atoms with Gasteiger partial charge in [-0.05, 0) is 22.6 Å². The van der Waals surface area contributed by atoms with Gasteiger partial charge in [-0.1, -0.05) is 0 Å². The van der Waals surface area contributed by atoms with Gasteiger partial charge < -0.3 is 0 Å². The molecule has 0 radical (unpaired) electrons. The molecule has 0 atom stereocenters. The highest BCUT2D eigenvalue weighted by Gasteiger charge is 2.03. The Morgan fingerprint density at radius 1 is 1.55 bits per heavy atom. The van der Waals surface area contributed by atoms with Gasteiger partial charge in [0, 0.05) is 11.5 Å². The van der Waals surface area contributed by atoms with Crippen LogP contribution in [0.1, 0.15) is 0 Å². The summed E-state index contributed by atoms with van der Waals surface area (Å²) in [5.74, 6) is -0.469. The third kappa shape index (κ3) is 1.09. The first-order chi connectivity index (χ1) is 5.27. The Morgan fingerprint density at radius 3 is 3.18 bits per heavy atom. The molecule has 0 fully saturated rings. The number of H-pyrrole nitrogens is 1. The van der Waals surface area contributed by atoms with Gasteiger partial charge in [0.1, 0.15) is 3.70 Å². The van der Waals surface area contributed by atoms with Crippen molar-refractivity contribution in [1.82, 2.24) is 15.2 Å². The molecule has 0 saturated carbocycles. The minimum absolute atomic E-state index is 0.469. The average molecular weight is 263 g/mol. The molecule has 1 N–H and O–H groups in total. The van der Waals surface area contributed by atoms with E-state index in [1.54, 1.807) is 6.20 Å². The molecule has 0 amide bonds. The van der Waals surface area contributed by atoms with Crippen molar-refractivity contribution < 1.29 is 4.39 Å². The van der Waals surface area contributed by atoms with E-state index in [2.05, 4.69) is 15.2 Å². The molecule has 5 heteroatoms. The van der Waals surface area contributed by atoms with Crippen molar-refractivity contribution in [3.05, 3.63) is 21.9 Å². The van der Waals surface area contributed by atoms with Crippen LogP contribution in [0, 0.1) is 9.65 Å². The zero-order valence-corrected chi connectivity index (χ0v) is 7.46. The minimum atomic E-state index is -0.469. The third-order valence-corrected chi connectivity index (χ3v) is 2.14. The number of hydrogen-bond acceptors (Lipinski definition) is 2. The molecule has 3 nitrogen and oxygen atoms in total. The number of fused-ring (bicyclic) bond motifs is 1. The molecule has 0 spiro atoms. The topological polar surface area (TPSA) is 41.6 Å². The summed E-state index contributed by atoms with van der Waals surface area (Å²) in [6.07, 6.45) is 1.57. The van der Waals surface area contributed by atoms with E-state index in [0.717, 1.165) is 10.9 Å². The summed E-state index contributed by atoms with van der Waals surface area (Å²) >= 11 is 1.96. The summed E-state index contributed by atoms with van der Waals surface area (Å²) in [6, 6.07) is 1.35. The van der Waals surface area contributed by atoms with Gasteiger partial charge in [0.2, 0.25) is 5.95 Å². The molecule has 0 aliphatic heterocycles. The Morgan fingerprint density at radius 2 is 2.36 bits per heavy atom. The highest BCUT2D eigenvalue weighted by Crippen LogP contribution is 2.15. The molecule has 0 aliphatic rings. The van der Waals surface area contributed by atoms with E-state index in [-0.39, 0.29) is 0 Å². The second kappa shape index (κ2) is 2.40. The van der Waals surface area contributed by atoms with Crippen molar-refractivity contribution >= 4 is 33.5 Å². The van der Waals surface area contributed by atoms with Crippen LogP contribution in [0.25, 0.3) is 10.9 Å². The number of hydrogen-bond donors (Lipinski definition) is 1. The number of pyridine rings is 1. The maximum Gasteiger partial charge on any atom is 0.214 e. The second-order valence-electron chi connectivity index (χ2n) is 2.07. The molecule has 0 aliphatic carbocycles. The van der Waals surface area contributed by atoms with Crippen molar-refractivity contribution in [2.45, 2.75) is 0 Å². The molecular formula is C6H3FIN3. The maximum absolute atomic E-state index is 12.6. The van der Waals surface area contributed by atoms with Crippen molar-refractivity contribution in [1.29, 1.82) is 0 Å². The first-order valence-electron chi connectivity index (χ1n) is 2.92. The minimum Gasteiger partial charge on any atom is -0.275 e. The predicted molar refractivity (Wildman–Crippen MR) is 46.6 cm³/mol. The number of aromatic amines is 1. The standard InChI is InChI=1S/C6H3FIN3/c7-4-1-3-2-9-11-5(3)6(8)10-4/h1-2H,(H,9,11). The fraction of sp³-hybridized carbons (Fsp3) is 0. The smallest absolute Gasteiger partial charge is 0.214 e. The van der Waals surface area contributed by atoms with Gasteiger partial charge >= 0.3 is 0 Å². The van der Waals surface area contributed by atoms with Crippen molar-refractivity contribution in [3.63, 3.8) is 0 Å². The van der Waals surface area contributed by atoms with E-state index in [9.17, 15) is 4.39 Å². The summed E-state index contributed by atoms with van der Waals surface area (Å²) in [5.41, 5.74) is 0.784. The molecule has 56 valence electrons. The summed E-state index contributed by atoms with van der Waals surface area (Å²) in [5, 5.41) is 7.25. The number of nitrogens with zero attached hydrogens (tertiary/aromatic N) is 2. The molecule has 2 aromatic rings. The first kappa shape index (κ1) is 6.96. The van der Waals surface area contributed by atoms with Gasteiger partial charge in [-0.25, -0.2) is 4.98 Å². The normalized spacial score (nSPS) is 10.7. The van der Waals surface area contributed by atoms with Gasteiger partial charge in [0.05, 0.1) is 11.7 Å². The molecule has 2 rings (SSSR count). The highest BCUT2D eigenvalue weighted by molar-refractivity contribution is 14.1. The van der Waals surface area contributed by atoms with Gasteiger partial charge in [-0.3, -0.25) is 5.10 Å². The summed E-state index contributed by atoms with van der Waals surface area (Å²) < 4.78 is 13.2. The monoisotopic (exact) mass is 263 g/mol. The Labute approximate surface area is 75.2 Å². The number of halogens is 2. The summed E-state index contributed by atoms with van der Waals surface area (Å²) in [7, 11) is 0. The fourth-order valence-electron chi connectivity index (χ4n) is 0.880.